The number of H-pyrrole nitrogens is 1. The van der Waals surface area contributed by atoms with Crippen LogP contribution in [-0.2, 0) is 0 Å². The van der Waals surface area contributed by atoms with Crippen LogP contribution in [0.5, 0.6) is 11.5 Å². The molecule has 0 spiro atoms. The lowest BCUT2D eigenvalue weighted by Gasteiger charge is -2.33. The lowest BCUT2D eigenvalue weighted by atomic mass is 9.83. The number of fused-ring (bicyclic) bond motifs is 1. The van der Waals surface area contributed by atoms with Crippen LogP contribution in [0.4, 0.5) is 0 Å². The van der Waals surface area contributed by atoms with E-state index in [0.29, 0.717) is 16.8 Å². The summed E-state index contributed by atoms with van der Waals surface area (Å²) in [6.45, 7) is 12.8. The molecule has 0 bridgehead atoms. The van der Waals surface area contributed by atoms with E-state index >= 15 is 0 Å². The second-order valence-electron chi connectivity index (χ2n) is 8.75. The van der Waals surface area contributed by atoms with E-state index in [1.165, 1.54) is 0 Å². The number of aryl methyl sites for hydroxylation is 1. The highest BCUT2D eigenvalue weighted by molar-refractivity contribution is 5.96. The first kappa shape index (κ1) is 18.2. The number of hydrogen-bond acceptors (Lipinski definition) is 4. The highest BCUT2D eigenvalue weighted by Gasteiger charge is 2.29. The van der Waals surface area contributed by atoms with Crippen molar-refractivity contribution in [2.45, 2.75) is 53.6 Å². The maximum Gasteiger partial charge on any atom is 0.130 e. The van der Waals surface area contributed by atoms with Gasteiger partial charge in [0.25, 0.3) is 0 Å². The van der Waals surface area contributed by atoms with E-state index in [1.54, 1.807) is 6.07 Å². The van der Waals surface area contributed by atoms with Crippen LogP contribution in [0, 0.1) is 12.3 Å². The minimum atomic E-state index is -0.371. The zero-order chi connectivity index (χ0) is 19.1. The Bertz CT molecular complexity index is 936. The second kappa shape index (κ2) is 6.31. The molecule has 0 atom stereocenters. The third kappa shape index (κ3) is 3.82. The Hall–Kier alpha value is -2.56. The van der Waals surface area contributed by atoms with Crippen molar-refractivity contribution >= 4 is 11.0 Å². The van der Waals surface area contributed by atoms with Gasteiger partial charge in [-0.2, -0.15) is 15.4 Å². The topological polar surface area (TPSA) is 71.0 Å². The summed E-state index contributed by atoms with van der Waals surface area (Å²) < 4.78 is 6.44. The van der Waals surface area contributed by atoms with Gasteiger partial charge in [-0.25, -0.2) is 0 Å². The summed E-state index contributed by atoms with van der Waals surface area (Å²) in [4.78, 5) is 0. The van der Waals surface area contributed by atoms with E-state index < -0.39 is 0 Å². The minimum absolute atomic E-state index is 0.132. The highest BCUT2D eigenvalue weighted by atomic mass is 16.5. The fourth-order valence-corrected chi connectivity index (χ4v) is 3.70. The molecule has 5 nitrogen and oxygen atoms in total. The Kier molecular flexibility index (Phi) is 4.42. The monoisotopic (exact) mass is 353 g/mol. The first-order chi connectivity index (χ1) is 12.1. The number of rotatable bonds is 4. The molecule has 3 rings (SSSR count). The molecule has 26 heavy (non-hydrogen) atoms. The van der Waals surface area contributed by atoms with Gasteiger partial charge in [-0.3, -0.25) is 0 Å². The number of benzene rings is 2. The maximum absolute atomic E-state index is 10.5. The van der Waals surface area contributed by atoms with Gasteiger partial charge in [0.05, 0.1) is 5.56 Å². The van der Waals surface area contributed by atoms with Gasteiger partial charge in [-0.05, 0) is 56.9 Å². The van der Waals surface area contributed by atoms with E-state index in [4.69, 9.17) is 4.74 Å². The molecular formula is C21H27N3O2. The molecule has 1 aromatic heterocycles. The number of nitrogens with zero attached hydrogens (tertiary/aromatic N) is 2. The highest BCUT2D eigenvalue weighted by Crippen LogP contribution is 2.42. The Morgan fingerprint density at radius 2 is 1.77 bits per heavy atom. The summed E-state index contributed by atoms with van der Waals surface area (Å²) in [5.41, 5.74) is 3.71. The first-order valence-electron chi connectivity index (χ1n) is 8.88. The van der Waals surface area contributed by atoms with E-state index in [1.807, 2.05) is 31.2 Å². The second-order valence-corrected chi connectivity index (χ2v) is 8.75. The standard InChI is InChI=1S/C21H27N3O2/c1-13-7-9-16(25)14(11-13)18-17(10-8-15-19(18)23-24-22-15)26-21(5,6)12-20(2,3)4/h7-11,25H,12H2,1-6H3,(H,22,23,24). The summed E-state index contributed by atoms with van der Waals surface area (Å²) in [7, 11) is 0. The molecule has 0 unspecified atom stereocenters. The Labute approximate surface area is 154 Å². The van der Waals surface area contributed by atoms with Crippen molar-refractivity contribution in [3.8, 4) is 22.6 Å². The molecule has 0 aliphatic rings. The fraction of sp³-hybridized carbons (Fsp3) is 0.429. The Balaban J connectivity index is 2.16. The number of hydrogen-bond donors (Lipinski definition) is 2. The van der Waals surface area contributed by atoms with E-state index in [-0.39, 0.29) is 16.8 Å². The van der Waals surface area contributed by atoms with Crippen LogP contribution in [0.3, 0.4) is 0 Å². The number of nitrogens with one attached hydrogen (secondary N) is 1. The number of ether oxygens (including phenoxy) is 1. The molecule has 0 radical (unpaired) electrons. The average molecular weight is 353 g/mol. The molecule has 2 N–H and O–H groups in total. The summed E-state index contributed by atoms with van der Waals surface area (Å²) >= 11 is 0. The molecule has 0 saturated heterocycles. The maximum atomic E-state index is 10.5. The predicted molar refractivity (Wildman–Crippen MR) is 105 cm³/mol. The van der Waals surface area contributed by atoms with Gasteiger partial charge in [0.1, 0.15) is 28.1 Å². The summed E-state index contributed by atoms with van der Waals surface area (Å²) in [5.74, 6) is 0.895. The number of phenolic OH excluding ortho intramolecular Hbond substituents is 1. The van der Waals surface area contributed by atoms with E-state index in [2.05, 4.69) is 50.0 Å². The van der Waals surface area contributed by atoms with Crippen molar-refractivity contribution in [3.05, 3.63) is 35.9 Å². The first-order valence-corrected chi connectivity index (χ1v) is 8.88. The smallest absolute Gasteiger partial charge is 0.130 e. The van der Waals surface area contributed by atoms with Gasteiger partial charge in [0.2, 0.25) is 0 Å². The van der Waals surface area contributed by atoms with E-state index in [0.717, 1.165) is 23.1 Å². The largest absolute Gasteiger partial charge is 0.507 e. The van der Waals surface area contributed by atoms with Crippen molar-refractivity contribution in [3.63, 3.8) is 0 Å². The molecule has 0 aliphatic carbocycles. The van der Waals surface area contributed by atoms with Gasteiger partial charge >= 0.3 is 0 Å². The molecular weight excluding hydrogens is 326 g/mol. The molecule has 0 aliphatic heterocycles. The summed E-state index contributed by atoms with van der Waals surface area (Å²) in [6, 6.07) is 9.33. The van der Waals surface area contributed by atoms with Crippen LogP contribution in [-0.4, -0.2) is 26.1 Å². The van der Waals surface area contributed by atoms with Gasteiger partial charge in [0.15, 0.2) is 0 Å². The number of aromatic hydroxyl groups is 1. The molecule has 138 valence electrons. The van der Waals surface area contributed by atoms with Crippen molar-refractivity contribution in [2.24, 2.45) is 5.41 Å². The lowest BCUT2D eigenvalue weighted by molar-refractivity contribution is 0.0628. The molecule has 2 aromatic carbocycles. The van der Waals surface area contributed by atoms with Gasteiger partial charge < -0.3 is 9.84 Å². The third-order valence-corrected chi connectivity index (χ3v) is 4.21. The quantitative estimate of drug-likeness (QED) is 0.673. The third-order valence-electron chi connectivity index (χ3n) is 4.21. The molecule has 0 amide bonds. The normalized spacial score (nSPS) is 12.5. The van der Waals surface area contributed by atoms with Crippen molar-refractivity contribution < 1.29 is 9.84 Å². The van der Waals surface area contributed by atoms with Crippen LogP contribution < -0.4 is 4.74 Å². The van der Waals surface area contributed by atoms with E-state index in [9.17, 15) is 5.11 Å². The molecule has 0 saturated carbocycles. The van der Waals surface area contributed by atoms with Gasteiger partial charge in [0, 0.05) is 5.56 Å². The number of aromatic nitrogens is 3. The average Bonchev–Trinajstić information content (AvgIpc) is 2.95. The summed E-state index contributed by atoms with van der Waals surface area (Å²) in [5, 5.41) is 21.6. The molecule has 1 heterocycles. The Morgan fingerprint density at radius 1 is 1.04 bits per heavy atom. The molecule has 5 heteroatoms. The van der Waals surface area contributed by atoms with Crippen LogP contribution in [0.15, 0.2) is 30.3 Å². The van der Waals surface area contributed by atoms with Gasteiger partial charge in [-0.15, -0.1) is 0 Å². The van der Waals surface area contributed by atoms with Gasteiger partial charge in [-0.1, -0.05) is 32.4 Å². The minimum Gasteiger partial charge on any atom is -0.507 e. The lowest BCUT2D eigenvalue weighted by Crippen LogP contribution is -2.33. The summed E-state index contributed by atoms with van der Waals surface area (Å²) in [6.07, 6.45) is 0.885. The van der Waals surface area contributed by atoms with Crippen LogP contribution in [0.25, 0.3) is 22.2 Å². The number of phenols is 1. The SMILES string of the molecule is Cc1ccc(O)c(-c2c(OC(C)(C)CC(C)(C)C)ccc3n[nH]nc23)c1. The van der Waals surface area contributed by atoms with Crippen LogP contribution >= 0.6 is 0 Å². The van der Waals surface area contributed by atoms with Crippen molar-refractivity contribution in [1.29, 1.82) is 0 Å². The molecule has 0 fully saturated rings. The fourth-order valence-electron chi connectivity index (χ4n) is 3.70. The number of aromatic amines is 1. The van der Waals surface area contributed by atoms with Crippen LogP contribution in [0.2, 0.25) is 0 Å². The predicted octanol–water partition coefficient (Wildman–Crippen LogP) is 5.23. The van der Waals surface area contributed by atoms with Crippen molar-refractivity contribution in [2.75, 3.05) is 0 Å². The van der Waals surface area contributed by atoms with Crippen molar-refractivity contribution in [1.82, 2.24) is 15.4 Å². The molecule has 3 aromatic rings. The Morgan fingerprint density at radius 3 is 2.46 bits per heavy atom. The zero-order valence-corrected chi connectivity index (χ0v) is 16.3. The van der Waals surface area contributed by atoms with Crippen LogP contribution in [0.1, 0.15) is 46.6 Å². The zero-order valence-electron chi connectivity index (χ0n) is 16.3.